The Morgan fingerprint density at radius 3 is 2.60 bits per heavy atom. The van der Waals surface area contributed by atoms with E-state index in [1.165, 1.54) is 12.0 Å². The molecule has 0 radical (unpaired) electrons. The maximum atomic E-state index is 5.35. The molecule has 0 saturated carbocycles. The molecule has 0 bridgehead atoms. The molecule has 0 aliphatic rings. The molecule has 1 rings (SSSR count). The van der Waals surface area contributed by atoms with Crippen LogP contribution in [0.25, 0.3) is 0 Å². The summed E-state index contributed by atoms with van der Waals surface area (Å²) in [5.41, 5.74) is 2.32. The monoisotopic (exact) mass is 202 g/mol. The predicted octanol–water partition coefficient (Wildman–Crippen LogP) is 3.16. The van der Waals surface area contributed by atoms with Gasteiger partial charge in [-0.25, -0.2) is 0 Å². The van der Waals surface area contributed by atoms with E-state index in [1.54, 1.807) is 0 Å². The Morgan fingerprint density at radius 2 is 1.93 bits per heavy atom. The second-order valence-corrected chi connectivity index (χ2v) is 3.57. The number of ether oxygens (including phenoxy) is 1. The van der Waals surface area contributed by atoms with Gasteiger partial charge in [0.25, 0.3) is 0 Å². The van der Waals surface area contributed by atoms with Gasteiger partial charge in [-0.05, 0) is 25.5 Å². The second-order valence-electron chi connectivity index (χ2n) is 3.57. The molecule has 0 atom stereocenters. The van der Waals surface area contributed by atoms with Crippen LogP contribution in [0.1, 0.15) is 30.9 Å². The van der Waals surface area contributed by atoms with Gasteiger partial charge in [0.05, 0.1) is 0 Å². The zero-order chi connectivity index (χ0) is 10.9. The molecule has 0 aliphatic heterocycles. The highest BCUT2D eigenvalue weighted by molar-refractivity contribution is 5.35. The Morgan fingerprint density at radius 1 is 1.20 bits per heavy atom. The van der Waals surface area contributed by atoms with Crippen molar-refractivity contribution >= 4 is 0 Å². The third-order valence-corrected chi connectivity index (χ3v) is 2.10. The van der Waals surface area contributed by atoms with Gasteiger partial charge in [-0.15, -0.1) is 0 Å². The zero-order valence-electron chi connectivity index (χ0n) is 9.55. The van der Waals surface area contributed by atoms with Gasteiger partial charge < -0.3 is 4.74 Å². The van der Waals surface area contributed by atoms with E-state index in [4.69, 9.17) is 4.74 Å². The summed E-state index contributed by atoms with van der Waals surface area (Å²) in [6.45, 7) is 5.58. The first-order valence-corrected chi connectivity index (χ1v) is 5.46. The molecule has 0 fully saturated rings. The number of unbranched alkanes of at least 4 members (excludes halogenated alkanes) is 1. The van der Waals surface area contributed by atoms with Crippen LogP contribution in [0.2, 0.25) is 0 Å². The Bertz CT molecular complexity index is 327. The standard InChI is InChI=1S/C14H18O/c1-3-4-11-15-12-5-6-14-9-7-13(2)8-10-14/h7-10H,3-4,11-12H2,1-2H3. The molecule has 0 spiro atoms. The lowest BCUT2D eigenvalue weighted by Crippen LogP contribution is -1.93. The fraction of sp³-hybridized carbons (Fsp3) is 0.429. The number of hydrogen-bond acceptors (Lipinski definition) is 1. The van der Waals surface area contributed by atoms with Crippen molar-refractivity contribution in [1.29, 1.82) is 0 Å². The van der Waals surface area contributed by atoms with Gasteiger partial charge in [-0.3, -0.25) is 0 Å². The van der Waals surface area contributed by atoms with Crippen LogP contribution in [0.15, 0.2) is 24.3 Å². The predicted molar refractivity (Wildman–Crippen MR) is 63.8 cm³/mol. The van der Waals surface area contributed by atoms with Crippen molar-refractivity contribution in [3.05, 3.63) is 35.4 Å². The van der Waals surface area contributed by atoms with Gasteiger partial charge in [0, 0.05) is 12.2 Å². The van der Waals surface area contributed by atoms with E-state index in [1.807, 2.05) is 12.1 Å². The second kappa shape index (κ2) is 7.09. The first kappa shape index (κ1) is 11.8. The first-order valence-electron chi connectivity index (χ1n) is 5.46. The van der Waals surface area contributed by atoms with Crippen molar-refractivity contribution in [2.45, 2.75) is 26.7 Å². The maximum Gasteiger partial charge on any atom is 0.108 e. The van der Waals surface area contributed by atoms with Crippen molar-refractivity contribution in [3.63, 3.8) is 0 Å². The molecule has 0 aromatic heterocycles. The van der Waals surface area contributed by atoms with Crippen LogP contribution in [0.5, 0.6) is 0 Å². The van der Waals surface area contributed by atoms with E-state index in [9.17, 15) is 0 Å². The summed E-state index contributed by atoms with van der Waals surface area (Å²) in [5, 5.41) is 0. The molecule has 0 aliphatic carbocycles. The summed E-state index contributed by atoms with van der Waals surface area (Å²) in [6.07, 6.45) is 2.29. The largest absolute Gasteiger partial charge is 0.369 e. The lowest BCUT2D eigenvalue weighted by atomic mass is 10.2. The van der Waals surface area contributed by atoms with Crippen LogP contribution in [-0.2, 0) is 4.74 Å². The van der Waals surface area contributed by atoms with Crippen molar-refractivity contribution in [3.8, 4) is 11.8 Å². The molecule has 1 heteroatoms. The molecule has 1 nitrogen and oxygen atoms in total. The van der Waals surface area contributed by atoms with Crippen LogP contribution in [0.3, 0.4) is 0 Å². The quantitative estimate of drug-likeness (QED) is 0.538. The molecule has 0 saturated heterocycles. The van der Waals surface area contributed by atoms with Crippen LogP contribution in [-0.4, -0.2) is 13.2 Å². The van der Waals surface area contributed by atoms with Crippen molar-refractivity contribution in [2.24, 2.45) is 0 Å². The molecular formula is C14H18O. The number of aryl methyl sites for hydroxylation is 1. The SMILES string of the molecule is CCCCOCC#Cc1ccc(C)cc1. The van der Waals surface area contributed by atoms with Crippen molar-refractivity contribution in [1.82, 2.24) is 0 Å². The Kier molecular flexibility index (Phi) is 5.58. The molecule has 0 N–H and O–H groups in total. The summed E-state index contributed by atoms with van der Waals surface area (Å²) in [5.74, 6) is 6.08. The highest BCUT2D eigenvalue weighted by Crippen LogP contribution is 2.00. The lowest BCUT2D eigenvalue weighted by molar-refractivity contribution is 0.163. The fourth-order valence-electron chi connectivity index (χ4n) is 1.14. The molecule has 1 aromatic carbocycles. The summed E-state index contributed by atoms with van der Waals surface area (Å²) in [7, 11) is 0. The van der Waals surface area contributed by atoms with E-state index >= 15 is 0 Å². The first-order chi connectivity index (χ1) is 7.33. The summed E-state index contributed by atoms with van der Waals surface area (Å²) in [6, 6.07) is 8.21. The summed E-state index contributed by atoms with van der Waals surface area (Å²) >= 11 is 0. The normalized spacial score (nSPS) is 9.47. The van der Waals surface area contributed by atoms with Crippen molar-refractivity contribution < 1.29 is 4.74 Å². The third-order valence-electron chi connectivity index (χ3n) is 2.10. The van der Waals surface area contributed by atoms with Gasteiger partial charge >= 0.3 is 0 Å². The van der Waals surface area contributed by atoms with E-state index in [0.29, 0.717) is 6.61 Å². The number of benzene rings is 1. The summed E-state index contributed by atoms with van der Waals surface area (Å²) < 4.78 is 5.35. The Hall–Kier alpha value is -1.26. The topological polar surface area (TPSA) is 9.23 Å². The highest BCUT2D eigenvalue weighted by Gasteiger charge is 1.86. The van der Waals surface area contributed by atoms with Gasteiger partial charge in [-0.1, -0.05) is 42.9 Å². The highest BCUT2D eigenvalue weighted by atomic mass is 16.5. The molecule has 0 amide bonds. The Labute approximate surface area is 92.5 Å². The Balaban J connectivity index is 2.28. The third kappa shape index (κ3) is 5.24. The zero-order valence-corrected chi connectivity index (χ0v) is 9.55. The van der Waals surface area contributed by atoms with Gasteiger partial charge in [0.2, 0.25) is 0 Å². The van der Waals surface area contributed by atoms with Gasteiger partial charge in [0.15, 0.2) is 0 Å². The van der Waals surface area contributed by atoms with E-state index < -0.39 is 0 Å². The lowest BCUT2D eigenvalue weighted by Gasteiger charge is -1.96. The smallest absolute Gasteiger partial charge is 0.108 e. The van der Waals surface area contributed by atoms with Crippen LogP contribution in [0.4, 0.5) is 0 Å². The average molecular weight is 202 g/mol. The molecule has 0 unspecified atom stereocenters. The fourth-order valence-corrected chi connectivity index (χ4v) is 1.14. The minimum atomic E-state index is 0.536. The van der Waals surface area contributed by atoms with E-state index in [-0.39, 0.29) is 0 Å². The number of hydrogen-bond donors (Lipinski definition) is 0. The van der Waals surface area contributed by atoms with E-state index in [2.05, 4.69) is 37.8 Å². The van der Waals surface area contributed by atoms with E-state index in [0.717, 1.165) is 18.6 Å². The minimum absolute atomic E-state index is 0.536. The van der Waals surface area contributed by atoms with Crippen LogP contribution >= 0.6 is 0 Å². The maximum absolute atomic E-state index is 5.35. The summed E-state index contributed by atoms with van der Waals surface area (Å²) in [4.78, 5) is 0. The average Bonchev–Trinajstić information content (AvgIpc) is 2.26. The van der Waals surface area contributed by atoms with Gasteiger partial charge in [-0.2, -0.15) is 0 Å². The molecule has 15 heavy (non-hydrogen) atoms. The van der Waals surface area contributed by atoms with Gasteiger partial charge in [0.1, 0.15) is 6.61 Å². The molecular weight excluding hydrogens is 184 g/mol. The van der Waals surface area contributed by atoms with Crippen molar-refractivity contribution in [2.75, 3.05) is 13.2 Å². The van der Waals surface area contributed by atoms with Crippen LogP contribution < -0.4 is 0 Å². The molecule has 80 valence electrons. The van der Waals surface area contributed by atoms with Crippen LogP contribution in [0, 0.1) is 18.8 Å². The molecule has 0 heterocycles. The number of rotatable bonds is 4. The minimum Gasteiger partial charge on any atom is -0.369 e. The molecule has 1 aromatic rings.